The molecule has 2 aromatic rings. The highest BCUT2D eigenvalue weighted by atomic mass is 19.1. The number of carbonyl (C=O) groups is 2. The molecular weight excluding hydrogens is 311 g/mol. The third kappa shape index (κ3) is 5.39. The number of amides is 2. The van der Waals surface area contributed by atoms with Crippen LogP contribution in [-0.4, -0.2) is 18.6 Å². The minimum atomic E-state index is -0.458. The number of ether oxygens (including phenoxy) is 1. The molecule has 0 aliphatic rings. The average Bonchev–Trinajstić information content (AvgIpc) is 2.58. The van der Waals surface area contributed by atoms with Crippen molar-refractivity contribution in [2.45, 2.75) is 19.8 Å². The number of unbranched alkanes of at least 4 members (excludes halogenated alkanes) is 1. The van der Waals surface area contributed by atoms with Crippen molar-refractivity contribution in [2.75, 3.05) is 17.2 Å². The fourth-order valence-corrected chi connectivity index (χ4v) is 1.91. The maximum Gasteiger partial charge on any atom is 0.338 e. The van der Waals surface area contributed by atoms with Crippen LogP contribution in [0.2, 0.25) is 0 Å². The molecule has 0 unspecified atom stereocenters. The molecule has 2 amide bonds. The van der Waals surface area contributed by atoms with Crippen molar-refractivity contribution in [3.63, 3.8) is 0 Å². The molecule has 2 aromatic carbocycles. The normalized spacial score (nSPS) is 10.1. The molecule has 0 radical (unpaired) electrons. The van der Waals surface area contributed by atoms with Gasteiger partial charge in [-0.3, -0.25) is 0 Å². The molecule has 2 rings (SSSR count). The summed E-state index contributed by atoms with van der Waals surface area (Å²) in [6.45, 7) is 2.42. The molecule has 126 valence electrons. The number of urea groups is 1. The number of esters is 1. The molecule has 0 aliphatic heterocycles. The van der Waals surface area contributed by atoms with Crippen molar-refractivity contribution >= 4 is 23.4 Å². The van der Waals surface area contributed by atoms with E-state index in [9.17, 15) is 14.0 Å². The van der Waals surface area contributed by atoms with Gasteiger partial charge >= 0.3 is 12.0 Å². The van der Waals surface area contributed by atoms with Crippen LogP contribution in [0.4, 0.5) is 20.6 Å². The summed E-state index contributed by atoms with van der Waals surface area (Å²) in [7, 11) is 0. The first kappa shape index (κ1) is 17.5. The molecule has 6 heteroatoms. The van der Waals surface area contributed by atoms with Crippen molar-refractivity contribution < 1.29 is 18.7 Å². The van der Waals surface area contributed by atoms with Crippen LogP contribution in [0.5, 0.6) is 0 Å². The minimum Gasteiger partial charge on any atom is -0.462 e. The molecule has 24 heavy (non-hydrogen) atoms. The van der Waals surface area contributed by atoms with E-state index in [2.05, 4.69) is 10.6 Å². The molecule has 0 spiro atoms. The highest BCUT2D eigenvalue weighted by Gasteiger charge is 2.08. The summed E-state index contributed by atoms with van der Waals surface area (Å²) in [5.74, 6) is -0.756. The molecule has 0 heterocycles. The number of rotatable bonds is 6. The van der Waals surface area contributed by atoms with Gasteiger partial charge in [0.05, 0.1) is 12.2 Å². The van der Waals surface area contributed by atoms with Gasteiger partial charge in [-0.15, -0.1) is 0 Å². The summed E-state index contributed by atoms with van der Waals surface area (Å²) < 4.78 is 17.9. The first-order valence-corrected chi connectivity index (χ1v) is 7.69. The summed E-state index contributed by atoms with van der Waals surface area (Å²) in [5.41, 5.74) is 1.43. The number of anilines is 2. The van der Waals surface area contributed by atoms with E-state index < -0.39 is 6.03 Å². The zero-order valence-corrected chi connectivity index (χ0v) is 13.3. The van der Waals surface area contributed by atoms with Crippen molar-refractivity contribution in [3.8, 4) is 0 Å². The zero-order chi connectivity index (χ0) is 17.4. The summed E-state index contributed by atoms with van der Waals surface area (Å²) in [6.07, 6.45) is 1.79. The quantitative estimate of drug-likeness (QED) is 0.608. The maximum absolute atomic E-state index is 12.8. The van der Waals surface area contributed by atoms with Crippen LogP contribution in [0.25, 0.3) is 0 Å². The van der Waals surface area contributed by atoms with E-state index in [0.29, 0.717) is 23.5 Å². The van der Waals surface area contributed by atoms with Crippen LogP contribution in [0.3, 0.4) is 0 Å². The Balaban J connectivity index is 1.87. The monoisotopic (exact) mass is 330 g/mol. The summed E-state index contributed by atoms with van der Waals surface area (Å²) in [5, 5.41) is 5.21. The highest BCUT2D eigenvalue weighted by Crippen LogP contribution is 2.13. The first-order valence-electron chi connectivity index (χ1n) is 7.69. The van der Waals surface area contributed by atoms with E-state index in [0.717, 1.165) is 12.8 Å². The zero-order valence-electron chi connectivity index (χ0n) is 13.3. The molecule has 0 bridgehead atoms. The van der Waals surface area contributed by atoms with Gasteiger partial charge in [-0.2, -0.15) is 0 Å². The molecule has 0 saturated carbocycles. The van der Waals surface area contributed by atoms with Gasteiger partial charge in [0.25, 0.3) is 0 Å². The van der Waals surface area contributed by atoms with Gasteiger partial charge in [-0.25, -0.2) is 14.0 Å². The van der Waals surface area contributed by atoms with Gasteiger partial charge in [0.1, 0.15) is 5.82 Å². The Morgan fingerprint density at radius 3 is 2.04 bits per heavy atom. The molecule has 5 nitrogen and oxygen atoms in total. The average molecular weight is 330 g/mol. The third-order valence-electron chi connectivity index (χ3n) is 3.21. The smallest absolute Gasteiger partial charge is 0.338 e. The molecule has 2 N–H and O–H groups in total. The van der Waals surface area contributed by atoms with Crippen LogP contribution < -0.4 is 10.6 Å². The first-order chi connectivity index (χ1) is 11.6. The van der Waals surface area contributed by atoms with Crippen LogP contribution in [-0.2, 0) is 4.74 Å². The molecule has 0 aliphatic carbocycles. The van der Waals surface area contributed by atoms with E-state index in [1.54, 1.807) is 24.3 Å². The Morgan fingerprint density at radius 1 is 0.958 bits per heavy atom. The van der Waals surface area contributed by atoms with E-state index in [-0.39, 0.29) is 11.8 Å². The molecule has 0 aromatic heterocycles. The fourth-order valence-electron chi connectivity index (χ4n) is 1.91. The number of carbonyl (C=O) groups excluding carboxylic acids is 2. The van der Waals surface area contributed by atoms with E-state index in [1.165, 1.54) is 24.3 Å². The van der Waals surface area contributed by atoms with E-state index >= 15 is 0 Å². The number of benzene rings is 2. The standard InChI is InChI=1S/C18H19FN2O3/c1-2-3-12-24-17(22)13-4-8-15(9-5-13)20-18(23)21-16-10-6-14(19)7-11-16/h4-11H,2-3,12H2,1H3,(H2,20,21,23). The Hall–Kier alpha value is -2.89. The van der Waals surface area contributed by atoms with Gasteiger partial charge in [0, 0.05) is 11.4 Å². The largest absolute Gasteiger partial charge is 0.462 e. The second-order valence-electron chi connectivity index (χ2n) is 5.15. The lowest BCUT2D eigenvalue weighted by atomic mass is 10.2. The molecule has 0 atom stereocenters. The number of nitrogens with one attached hydrogen (secondary N) is 2. The van der Waals surface area contributed by atoms with E-state index in [1.807, 2.05) is 6.92 Å². The second-order valence-corrected chi connectivity index (χ2v) is 5.15. The van der Waals surface area contributed by atoms with Crippen molar-refractivity contribution in [3.05, 3.63) is 59.9 Å². The fraction of sp³-hybridized carbons (Fsp3) is 0.222. The van der Waals surface area contributed by atoms with Gasteiger partial charge < -0.3 is 15.4 Å². The Morgan fingerprint density at radius 2 is 1.50 bits per heavy atom. The predicted octanol–water partition coefficient (Wildman–Crippen LogP) is 4.43. The molecule has 0 saturated heterocycles. The SMILES string of the molecule is CCCCOC(=O)c1ccc(NC(=O)Nc2ccc(F)cc2)cc1. The predicted molar refractivity (Wildman–Crippen MR) is 90.7 cm³/mol. The van der Waals surface area contributed by atoms with Crippen LogP contribution >= 0.6 is 0 Å². The number of hydrogen-bond donors (Lipinski definition) is 2. The summed E-state index contributed by atoms with van der Waals surface area (Å²) in [4.78, 5) is 23.6. The maximum atomic E-state index is 12.8. The van der Waals surface area contributed by atoms with Crippen LogP contribution in [0.1, 0.15) is 30.1 Å². The van der Waals surface area contributed by atoms with Crippen molar-refractivity contribution in [1.82, 2.24) is 0 Å². The second kappa shape index (κ2) is 8.67. The number of halogens is 1. The Kier molecular flexibility index (Phi) is 6.31. The van der Waals surface area contributed by atoms with Crippen molar-refractivity contribution in [1.29, 1.82) is 0 Å². The van der Waals surface area contributed by atoms with Crippen LogP contribution in [0.15, 0.2) is 48.5 Å². The van der Waals surface area contributed by atoms with Gasteiger partial charge in [-0.05, 0) is 55.0 Å². The van der Waals surface area contributed by atoms with Gasteiger partial charge in [0.15, 0.2) is 0 Å². The lowest BCUT2D eigenvalue weighted by molar-refractivity contribution is 0.0500. The Bertz CT molecular complexity index is 684. The Labute approximate surface area is 139 Å². The van der Waals surface area contributed by atoms with Gasteiger partial charge in [0.2, 0.25) is 0 Å². The lowest BCUT2D eigenvalue weighted by Crippen LogP contribution is -2.19. The summed E-state index contributed by atoms with van der Waals surface area (Å²) in [6, 6.07) is 11.4. The summed E-state index contributed by atoms with van der Waals surface area (Å²) >= 11 is 0. The number of hydrogen-bond acceptors (Lipinski definition) is 3. The van der Waals surface area contributed by atoms with E-state index in [4.69, 9.17) is 4.74 Å². The van der Waals surface area contributed by atoms with Gasteiger partial charge in [-0.1, -0.05) is 13.3 Å². The topological polar surface area (TPSA) is 67.4 Å². The molecule has 0 fully saturated rings. The highest BCUT2D eigenvalue weighted by molar-refractivity contribution is 6.00. The molecular formula is C18H19FN2O3. The lowest BCUT2D eigenvalue weighted by Gasteiger charge is -2.08. The minimum absolute atomic E-state index is 0.373. The van der Waals surface area contributed by atoms with Crippen molar-refractivity contribution in [2.24, 2.45) is 0 Å². The van der Waals surface area contributed by atoms with Crippen LogP contribution in [0, 0.1) is 5.82 Å². The third-order valence-corrected chi connectivity index (χ3v) is 3.21.